The predicted molar refractivity (Wildman–Crippen MR) is 69.0 cm³/mol. The zero-order valence-corrected chi connectivity index (χ0v) is 11.2. The molecule has 0 aromatic carbocycles. The monoisotopic (exact) mass is 253 g/mol. The molecule has 1 aliphatic heterocycles. The van der Waals surface area contributed by atoms with Gasteiger partial charge in [-0.1, -0.05) is 6.92 Å². The van der Waals surface area contributed by atoms with Gasteiger partial charge in [0.15, 0.2) is 0 Å². The fraction of sp³-hybridized carbons (Fsp3) is 0.667. The van der Waals surface area contributed by atoms with Gasteiger partial charge in [-0.3, -0.25) is 4.79 Å². The highest BCUT2D eigenvalue weighted by Gasteiger charge is 2.38. The van der Waals surface area contributed by atoms with E-state index in [4.69, 9.17) is 0 Å². The molecule has 2 rings (SSSR count). The Hall–Kier alpha value is -0.940. The summed E-state index contributed by atoms with van der Waals surface area (Å²) in [5.74, 6) is 0.130. The number of amides is 1. The van der Waals surface area contributed by atoms with Crippen molar-refractivity contribution < 1.29 is 4.79 Å². The standard InChI is InChI=1S/C12H19N3OS/c1-3-12(5-4-6-15-12)11(16)13-7-10-9(2)14-8-17-10/h8,15H,3-7H2,1-2H3,(H,13,16). The summed E-state index contributed by atoms with van der Waals surface area (Å²) >= 11 is 1.59. The number of carbonyl (C=O) groups excluding carboxylic acids is 1. The lowest BCUT2D eigenvalue weighted by Gasteiger charge is -2.26. The number of thiazole rings is 1. The molecular weight excluding hydrogens is 234 g/mol. The molecule has 5 heteroatoms. The maximum absolute atomic E-state index is 12.2. The van der Waals surface area contributed by atoms with Gasteiger partial charge in [0.25, 0.3) is 0 Å². The van der Waals surface area contributed by atoms with Gasteiger partial charge in [0.2, 0.25) is 5.91 Å². The number of aromatic nitrogens is 1. The Morgan fingerprint density at radius 3 is 3.06 bits per heavy atom. The maximum atomic E-state index is 12.2. The zero-order valence-electron chi connectivity index (χ0n) is 10.4. The third-order valence-electron chi connectivity index (χ3n) is 3.54. The molecular formula is C12H19N3OS. The van der Waals surface area contributed by atoms with E-state index in [-0.39, 0.29) is 11.4 Å². The van der Waals surface area contributed by atoms with Crippen LogP contribution in [0.15, 0.2) is 5.51 Å². The molecule has 1 saturated heterocycles. The van der Waals surface area contributed by atoms with E-state index in [0.717, 1.165) is 36.4 Å². The number of rotatable bonds is 4. The van der Waals surface area contributed by atoms with Gasteiger partial charge >= 0.3 is 0 Å². The number of hydrogen-bond acceptors (Lipinski definition) is 4. The third-order valence-corrected chi connectivity index (χ3v) is 4.47. The van der Waals surface area contributed by atoms with E-state index in [2.05, 4.69) is 22.5 Å². The molecule has 1 aliphatic rings. The lowest BCUT2D eigenvalue weighted by molar-refractivity contribution is -0.127. The smallest absolute Gasteiger partial charge is 0.240 e. The van der Waals surface area contributed by atoms with Crippen LogP contribution in [0.25, 0.3) is 0 Å². The molecule has 4 nitrogen and oxygen atoms in total. The van der Waals surface area contributed by atoms with Gasteiger partial charge in [-0.25, -0.2) is 4.98 Å². The van der Waals surface area contributed by atoms with Crippen LogP contribution in [0, 0.1) is 6.92 Å². The maximum Gasteiger partial charge on any atom is 0.240 e. The average Bonchev–Trinajstić information content (AvgIpc) is 2.95. The molecule has 2 N–H and O–H groups in total. The van der Waals surface area contributed by atoms with Crippen molar-refractivity contribution in [3.63, 3.8) is 0 Å². The molecule has 17 heavy (non-hydrogen) atoms. The summed E-state index contributed by atoms with van der Waals surface area (Å²) in [6.45, 7) is 5.58. The van der Waals surface area contributed by atoms with Gasteiger partial charge in [0, 0.05) is 4.88 Å². The van der Waals surface area contributed by atoms with E-state index in [9.17, 15) is 4.79 Å². The number of aryl methyl sites for hydroxylation is 1. The molecule has 0 saturated carbocycles. The molecule has 1 fully saturated rings. The number of nitrogens with zero attached hydrogens (tertiary/aromatic N) is 1. The third kappa shape index (κ3) is 2.50. The topological polar surface area (TPSA) is 54.0 Å². The van der Waals surface area contributed by atoms with Crippen LogP contribution in [0.4, 0.5) is 0 Å². The number of nitrogens with one attached hydrogen (secondary N) is 2. The highest BCUT2D eigenvalue weighted by molar-refractivity contribution is 7.09. The van der Waals surface area contributed by atoms with Crippen LogP contribution in [-0.2, 0) is 11.3 Å². The summed E-state index contributed by atoms with van der Waals surface area (Å²) in [6, 6.07) is 0. The molecule has 0 radical (unpaired) electrons. The van der Waals surface area contributed by atoms with Crippen molar-refractivity contribution in [3.8, 4) is 0 Å². The molecule has 0 bridgehead atoms. The van der Waals surface area contributed by atoms with Crippen LogP contribution in [0.3, 0.4) is 0 Å². The highest BCUT2D eigenvalue weighted by atomic mass is 32.1. The van der Waals surface area contributed by atoms with Gasteiger partial charge in [0.05, 0.1) is 23.3 Å². The summed E-state index contributed by atoms with van der Waals surface area (Å²) < 4.78 is 0. The van der Waals surface area contributed by atoms with Crippen molar-refractivity contribution in [3.05, 3.63) is 16.1 Å². The second kappa shape index (κ2) is 5.14. The summed E-state index contributed by atoms with van der Waals surface area (Å²) in [7, 11) is 0. The Bertz CT molecular complexity index is 396. The normalized spacial score (nSPS) is 23.9. The van der Waals surface area contributed by atoms with Gasteiger partial charge in [-0.2, -0.15) is 0 Å². The molecule has 1 atom stereocenters. The first kappa shape index (κ1) is 12.5. The largest absolute Gasteiger partial charge is 0.350 e. The zero-order chi connectivity index (χ0) is 12.3. The van der Waals surface area contributed by atoms with Crippen LogP contribution in [0.1, 0.15) is 36.8 Å². The van der Waals surface area contributed by atoms with Crippen LogP contribution < -0.4 is 10.6 Å². The summed E-state index contributed by atoms with van der Waals surface area (Å²) in [5, 5.41) is 6.37. The number of carbonyl (C=O) groups is 1. The molecule has 1 aromatic rings. The number of hydrogen-bond donors (Lipinski definition) is 2. The van der Waals surface area contributed by atoms with Crippen LogP contribution in [-0.4, -0.2) is 23.0 Å². The van der Waals surface area contributed by atoms with Gasteiger partial charge in [0.1, 0.15) is 0 Å². The highest BCUT2D eigenvalue weighted by Crippen LogP contribution is 2.23. The Labute approximate surface area is 106 Å². The van der Waals surface area contributed by atoms with E-state index >= 15 is 0 Å². The van der Waals surface area contributed by atoms with Crippen LogP contribution >= 0.6 is 11.3 Å². The SMILES string of the molecule is CCC1(C(=O)NCc2scnc2C)CCCN1. The quantitative estimate of drug-likeness (QED) is 0.857. The molecule has 94 valence electrons. The van der Waals surface area contributed by atoms with E-state index in [0.29, 0.717) is 6.54 Å². The second-order valence-electron chi connectivity index (χ2n) is 4.51. The Morgan fingerprint density at radius 2 is 2.53 bits per heavy atom. The van der Waals surface area contributed by atoms with Gasteiger partial charge in [-0.15, -0.1) is 11.3 Å². The molecule has 1 amide bonds. The summed E-state index contributed by atoms with van der Waals surface area (Å²) in [4.78, 5) is 17.5. The minimum atomic E-state index is -0.335. The first-order chi connectivity index (χ1) is 8.18. The van der Waals surface area contributed by atoms with Crippen molar-refractivity contribution >= 4 is 17.2 Å². The van der Waals surface area contributed by atoms with Gasteiger partial charge < -0.3 is 10.6 Å². The Morgan fingerprint density at radius 1 is 1.71 bits per heavy atom. The van der Waals surface area contributed by atoms with Crippen LogP contribution in [0.2, 0.25) is 0 Å². The van der Waals surface area contributed by atoms with Crippen molar-refractivity contribution in [2.75, 3.05) is 6.54 Å². The predicted octanol–water partition coefficient (Wildman–Crippen LogP) is 1.60. The first-order valence-electron chi connectivity index (χ1n) is 6.10. The second-order valence-corrected chi connectivity index (χ2v) is 5.45. The van der Waals surface area contributed by atoms with Crippen molar-refractivity contribution in [2.45, 2.75) is 45.2 Å². The van der Waals surface area contributed by atoms with Gasteiger partial charge in [-0.05, 0) is 32.7 Å². The minimum absolute atomic E-state index is 0.130. The Kier molecular flexibility index (Phi) is 3.79. The molecule has 2 heterocycles. The van der Waals surface area contributed by atoms with Crippen molar-refractivity contribution in [1.29, 1.82) is 0 Å². The van der Waals surface area contributed by atoms with Crippen LogP contribution in [0.5, 0.6) is 0 Å². The van der Waals surface area contributed by atoms with E-state index in [1.807, 2.05) is 12.4 Å². The lowest BCUT2D eigenvalue weighted by atomic mass is 9.93. The summed E-state index contributed by atoms with van der Waals surface area (Å²) in [5.41, 5.74) is 2.50. The van der Waals surface area contributed by atoms with E-state index < -0.39 is 0 Å². The molecule has 0 aliphatic carbocycles. The minimum Gasteiger partial charge on any atom is -0.350 e. The molecule has 0 spiro atoms. The Balaban J connectivity index is 1.95. The van der Waals surface area contributed by atoms with Crippen molar-refractivity contribution in [1.82, 2.24) is 15.6 Å². The molecule has 1 aromatic heterocycles. The van der Waals surface area contributed by atoms with E-state index in [1.54, 1.807) is 11.3 Å². The summed E-state index contributed by atoms with van der Waals surface area (Å²) in [6.07, 6.45) is 2.87. The van der Waals surface area contributed by atoms with E-state index in [1.165, 1.54) is 0 Å². The fourth-order valence-corrected chi connectivity index (χ4v) is 3.00. The first-order valence-corrected chi connectivity index (χ1v) is 6.98. The fourth-order valence-electron chi connectivity index (χ4n) is 2.29. The molecule has 1 unspecified atom stereocenters. The average molecular weight is 253 g/mol. The lowest BCUT2D eigenvalue weighted by Crippen LogP contribution is -2.52. The van der Waals surface area contributed by atoms with Crippen molar-refractivity contribution in [2.24, 2.45) is 0 Å².